The van der Waals surface area contributed by atoms with E-state index in [4.69, 9.17) is 10.5 Å². The van der Waals surface area contributed by atoms with Crippen molar-refractivity contribution < 1.29 is 9.53 Å². The summed E-state index contributed by atoms with van der Waals surface area (Å²) in [4.78, 5) is 22.7. The number of rotatable bonds is 6. The number of hydrogen-bond acceptors (Lipinski definition) is 7. The van der Waals surface area contributed by atoms with E-state index in [-0.39, 0.29) is 11.9 Å². The minimum Gasteiger partial charge on any atom is -0.466 e. The minimum absolute atomic E-state index is 0.0385. The van der Waals surface area contributed by atoms with Gasteiger partial charge in [0, 0.05) is 19.6 Å². The molecule has 1 aliphatic rings. The molecule has 1 aromatic carbocycles. The number of nitrogens with one attached hydrogen (secondary N) is 1. The van der Waals surface area contributed by atoms with Gasteiger partial charge in [-0.25, -0.2) is 9.97 Å². The summed E-state index contributed by atoms with van der Waals surface area (Å²) >= 11 is 0. The molecule has 7 nitrogen and oxygen atoms in total. The van der Waals surface area contributed by atoms with Crippen molar-refractivity contribution in [3.63, 3.8) is 0 Å². The molecule has 0 spiro atoms. The van der Waals surface area contributed by atoms with Crippen LogP contribution in [-0.2, 0) is 16.1 Å². The van der Waals surface area contributed by atoms with Gasteiger partial charge >= 0.3 is 5.97 Å². The first kappa shape index (κ1) is 18.9. The summed E-state index contributed by atoms with van der Waals surface area (Å²) in [6.07, 6.45) is 3.02. The van der Waals surface area contributed by atoms with E-state index in [9.17, 15) is 4.79 Å². The van der Waals surface area contributed by atoms with E-state index in [2.05, 4.69) is 51.4 Å². The second-order valence-electron chi connectivity index (χ2n) is 6.81. The van der Waals surface area contributed by atoms with Crippen molar-refractivity contribution in [2.75, 3.05) is 35.6 Å². The molecule has 0 saturated carbocycles. The van der Waals surface area contributed by atoms with Gasteiger partial charge in [-0.2, -0.15) is 0 Å². The number of benzene rings is 1. The molecule has 0 radical (unpaired) electrons. The molecule has 1 saturated heterocycles. The number of ether oxygens (including phenoxy) is 1. The first-order valence-electron chi connectivity index (χ1n) is 9.40. The van der Waals surface area contributed by atoms with Gasteiger partial charge in [0.15, 0.2) is 11.6 Å². The van der Waals surface area contributed by atoms with Crippen LogP contribution in [-0.4, -0.2) is 35.6 Å². The van der Waals surface area contributed by atoms with Crippen LogP contribution in [0, 0.1) is 12.8 Å². The number of aryl methyl sites for hydroxylation is 1. The van der Waals surface area contributed by atoms with Gasteiger partial charge < -0.3 is 20.7 Å². The van der Waals surface area contributed by atoms with Crippen molar-refractivity contribution in [2.24, 2.45) is 5.92 Å². The number of nitrogen functional groups attached to an aromatic ring is 1. The van der Waals surface area contributed by atoms with Crippen LogP contribution in [0.25, 0.3) is 0 Å². The number of hydrogen-bond donors (Lipinski definition) is 2. The first-order chi connectivity index (χ1) is 13.1. The average molecular weight is 369 g/mol. The Balaban J connectivity index is 1.63. The van der Waals surface area contributed by atoms with E-state index in [0.717, 1.165) is 37.3 Å². The maximum absolute atomic E-state index is 11.9. The van der Waals surface area contributed by atoms with Crippen LogP contribution >= 0.6 is 0 Å². The van der Waals surface area contributed by atoms with Crippen LogP contribution in [0.3, 0.4) is 0 Å². The number of carbonyl (C=O) groups is 1. The Morgan fingerprint density at radius 3 is 2.63 bits per heavy atom. The summed E-state index contributed by atoms with van der Waals surface area (Å²) in [5.41, 5.74) is 9.26. The van der Waals surface area contributed by atoms with Crippen LogP contribution in [0.2, 0.25) is 0 Å². The van der Waals surface area contributed by atoms with Gasteiger partial charge in [-0.1, -0.05) is 29.8 Å². The lowest BCUT2D eigenvalue weighted by atomic mass is 9.97. The van der Waals surface area contributed by atoms with Crippen LogP contribution < -0.4 is 16.0 Å². The maximum atomic E-state index is 11.9. The largest absolute Gasteiger partial charge is 0.466 e. The molecule has 0 atom stereocenters. The molecule has 3 N–H and O–H groups in total. The summed E-state index contributed by atoms with van der Waals surface area (Å²) in [5.74, 6) is 1.21. The summed E-state index contributed by atoms with van der Waals surface area (Å²) in [6, 6.07) is 8.33. The Labute approximate surface area is 159 Å². The third-order valence-electron chi connectivity index (χ3n) is 4.86. The molecule has 7 heteroatoms. The number of nitrogens with two attached hydrogens (primary N) is 1. The molecular formula is C20H27N5O2. The smallest absolute Gasteiger partial charge is 0.309 e. The molecule has 2 heterocycles. The van der Waals surface area contributed by atoms with Gasteiger partial charge in [-0.3, -0.25) is 4.79 Å². The second kappa shape index (κ2) is 8.70. The van der Waals surface area contributed by atoms with Gasteiger partial charge in [0.25, 0.3) is 0 Å². The minimum atomic E-state index is -0.103. The third kappa shape index (κ3) is 4.67. The molecule has 1 fully saturated rings. The fourth-order valence-electron chi connectivity index (χ4n) is 3.26. The van der Waals surface area contributed by atoms with Crippen LogP contribution in [0.4, 0.5) is 17.3 Å². The Hall–Kier alpha value is -2.83. The number of aromatic nitrogens is 2. The molecule has 1 aliphatic heterocycles. The van der Waals surface area contributed by atoms with E-state index in [1.54, 1.807) is 0 Å². The summed E-state index contributed by atoms with van der Waals surface area (Å²) < 4.78 is 5.13. The third-order valence-corrected chi connectivity index (χ3v) is 4.86. The number of esters is 1. The van der Waals surface area contributed by atoms with E-state index < -0.39 is 0 Å². The Morgan fingerprint density at radius 1 is 1.26 bits per heavy atom. The summed E-state index contributed by atoms with van der Waals surface area (Å²) in [7, 11) is 0. The predicted octanol–water partition coefficient (Wildman–Crippen LogP) is 2.76. The van der Waals surface area contributed by atoms with Crippen LogP contribution in [0.15, 0.2) is 30.6 Å². The zero-order valence-corrected chi connectivity index (χ0v) is 15.9. The first-order valence-corrected chi connectivity index (χ1v) is 9.40. The van der Waals surface area contributed by atoms with Crippen molar-refractivity contribution in [2.45, 2.75) is 33.2 Å². The molecular weight excluding hydrogens is 342 g/mol. The second-order valence-corrected chi connectivity index (χ2v) is 6.81. The fraction of sp³-hybridized carbons (Fsp3) is 0.450. The molecule has 144 valence electrons. The highest BCUT2D eigenvalue weighted by Crippen LogP contribution is 2.30. The zero-order valence-electron chi connectivity index (χ0n) is 15.9. The van der Waals surface area contributed by atoms with E-state index in [1.807, 2.05) is 6.92 Å². The Morgan fingerprint density at radius 2 is 1.96 bits per heavy atom. The van der Waals surface area contributed by atoms with Crippen molar-refractivity contribution in [3.05, 3.63) is 41.7 Å². The molecule has 0 amide bonds. The van der Waals surface area contributed by atoms with Crippen molar-refractivity contribution in [1.82, 2.24) is 9.97 Å². The summed E-state index contributed by atoms with van der Waals surface area (Å²) in [6.45, 7) is 6.42. The van der Waals surface area contributed by atoms with Gasteiger partial charge in [0.1, 0.15) is 12.0 Å². The average Bonchev–Trinajstić information content (AvgIpc) is 2.69. The highest BCUT2D eigenvalue weighted by atomic mass is 16.5. The molecule has 2 aromatic rings. The Kier molecular flexibility index (Phi) is 6.11. The van der Waals surface area contributed by atoms with Crippen molar-refractivity contribution in [1.29, 1.82) is 0 Å². The van der Waals surface area contributed by atoms with Crippen molar-refractivity contribution >= 4 is 23.3 Å². The van der Waals surface area contributed by atoms with E-state index >= 15 is 0 Å². The zero-order chi connectivity index (χ0) is 19.2. The van der Waals surface area contributed by atoms with Crippen LogP contribution in [0.1, 0.15) is 30.9 Å². The predicted molar refractivity (Wildman–Crippen MR) is 107 cm³/mol. The van der Waals surface area contributed by atoms with Gasteiger partial charge in [-0.05, 0) is 32.3 Å². The van der Waals surface area contributed by atoms with Crippen molar-refractivity contribution in [3.8, 4) is 0 Å². The monoisotopic (exact) mass is 369 g/mol. The normalized spacial score (nSPS) is 14.8. The topological polar surface area (TPSA) is 93.4 Å². The van der Waals surface area contributed by atoms with Gasteiger partial charge in [-0.15, -0.1) is 0 Å². The maximum Gasteiger partial charge on any atom is 0.309 e. The van der Waals surface area contributed by atoms with E-state index in [0.29, 0.717) is 24.7 Å². The van der Waals surface area contributed by atoms with E-state index in [1.165, 1.54) is 11.9 Å². The fourth-order valence-corrected chi connectivity index (χ4v) is 3.26. The molecule has 0 bridgehead atoms. The lowest BCUT2D eigenvalue weighted by Crippen LogP contribution is -2.38. The Bertz CT molecular complexity index is 770. The molecule has 27 heavy (non-hydrogen) atoms. The molecule has 0 unspecified atom stereocenters. The molecule has 0 aliphatic carbocycles. The number of nitrogens with zero attached hydrogens (tertiary/aromatic N) is 3. The number of piperidine rings is 1. The highest BCUT2D eigenvalue weighted by Gasteiger charge is 2.27. The lowest BCUT2D eigenvalue weighted by Gasteiger charge is -2.32. The quantitative estimate of drug-likeness (QED) is 0.756. The number of carbonyl (C=O) groups excluding carboxylic acids is 1. The molecule has 3 rings (SSSR count). The van der Waals surface area contributed by atoms with Gasteiger partial charge in [0.2, 0.25) is 0 Å². The standard InChI is InChI=1S/C20H27N5O2/c1-3-27-20(26)16-8-10-25(11-9-16)19-17(21)18(23-13-24-19)22-12-15-6-4-14(2)5-7-15/h4-7,13,16H,3,8-12,21H2,1-2H3,(H,22,23,24). The summed E-state index contributed by atoms with van der Waals surface area (Å²) in [5, 5.41) is 3.30. The molecule has 1 aromatic heterocycles. The van der Waals surface area contributed by atoms with Gasteiger partial charge in [0.05, 0.1) is 12.5 Å². The lowest BCUT2D eigenvalue weighted by molar-refractivity contribution is -0.148. The SMILES string of the molecule is CCOC(=O)C1CCN(c2ncnc(NCc3ccc(C)cc3)c2N)CC1. The van der Waals surface area contributed by atoms with Crippen LogP contribution in [0.5, 0.6) is 0 Å². The number of anilines is 3. The highest BCUT2D eigenvalue weighted by molar-refractivity contribution is 5.76.